The Morgan fingerprint density at radius 3 is 2.25 bits per heavy atom. The molecule has 0 aromatic carbocycles. The lowest BCUT2D eigenvalue weighted by Crippen LogP contribution is -2.43. The lowest BCUT2D eigenvalue weighted by molar-refractivity contribution is -0.176. The van der Waals surface area contributed by atoms with Crippen molar-refractivity contribution in [3.05, 3.63) is 0 Å². The smallest absolute Gasteiger partial charge is 0.323 e. The highest BCUT2D eigenvalue weighted by atomic mass is 16.6. The van der Waals surface area contributed by atoms with Gasteiger partial charge < -0.3 is 9.47 Å². The van der Waals surface area contributed by atoms with E-state index in [9.17, 15) is 9.59 Å². The van der Waals surface area contributed by atoms with Gasteiger partial charge in [-0.3, -0.25) is 9.59 Å². The number of esters is 2. The first kappa shape index (κ1) is 17.0. The van der Waals surface area contributed by atoms with Gasteiger partial charge in [-0.2, -0.15) is 0 Å². The first-order valence-electron chi connectivity index (χ1n) is 7.90. The Balaban J connectivity index is 2.78. The molecule has 4 nitrogen and oxygen atoms in total. The van der Waals surface area contributed by atoms with Crippen molar-refractivity contribution in [3.63, 3.8) is 0 Å². The van der Waals surface area contributed by atoms with Crippen molar-refractivity contribution in [1.29, 1.82) is 0 Å². The van der Waals surface area contributed by atoms with E-state index in [0.717, 1.165) is 38.5 Å². The van der Waals surface area contributed by atoms with Gasteiger partial charge in [0.2, 0.25) is 0 Å². The molecular formula is C16H28O4. The maximum atomic E-state index is 12.5. The number of hydrogen-bond donors (Lipinski definition) is 0. The van der Waals surface area contributed by atoms with Gasteiger partial charge in [0, 0.05) is 0 Å². The van der Waals surface area contributed by atoms with Crippen LogP contribution in [0.4, 0.5) is 0 Å². The average molecular weight is 284 g/mol. The largest absolute Gasteiger partial charge is 0.468 e. The highest BCUT2D eigenvalue weighted by Gasteiger charge is 2.47. The van der Waals surface area contributed by atoms with Crippen molar-refractivity contribution in [2.45, 2.75) is 77.7 Å². The van der Waals surface area contributed by atoms with Crippen molar-refractivity contribution >= 4 is 11.9 Å². The van der Waals surface area contributed by atoms with Crippen LogP contribution in [0.1, 0.15) is 71.6 Å². The number of ether oxygens (including phenoxy) is 2. The third kappa shape index (κ3) is 3.97. The summed E-state index contributed by atoms with van der Waals surface area (Å²) in [5.41, 5.74) is -1.11. The Kier molecular flexibility index (Phi) is 7.03. The maximum Gasteiger partial charge on any atom is 0.323 e. The topological polar surface area (TPSA) is 52.6 Å². The number of hydrogen-bond acceptors (Lipinski definition) is 4. The minimum absolute atomic E-state index is 0.0199. The van der Waals surface area contributed by atoms with Crippen LogP contribution in [0.15, 0.2) is 0 Å². The molecule has 0 spiro atoms. The van der Waals surface area contributed by atoms with Crippen molar-refractivity contribution < 1.29 is 19.1 Å². The van der Waals surface area contributed by atoms with Gasteiger partial charge in [0.25, 0.3) is 0 Å². The fourth-order valence-electron chi connectivity index (χ4n) is 2.87. The van der Waals surface area contributed by atoms with E-state index in [-0.39, 0.29) is 12.1 Å². The summed E-state index contributed by atoms with van der Waals surface area (Å²) >= 11 is 0. The fourth-order valence-corrected chi connectivity index (χ4v) is 2.87. The summed E-state index contributed by atoms with van der Waals surface area (Å²) in [7, 11) is 1.34. The summed E-state index contributed by atoms with van der Waals surface area (Å²) in [6.07, 6.45) is 7.94. The second-order valence-electron chi connectivity index (χ2n) is 5.70. The summed E-state index contributed by atoms with van der Waals surface area (Å²) in [6, 6.07) is 0. The lowest BCUT2D eigenvalue weighted by atomic mass is 9.80. The zero-order chi connectivity index (χ0) is 15.0. The van der Waals surface area contributed by atoms with Crippen LogP contribution in [0.25, 0.3) is 0 Å². The molecular weight excluding hydrogens is 256 g/mol. The molecule has 1 saturated carbocycles. The summed E-state index contributed by atoms with van der Waals surface area (Å²) in [5.74, 6) is -0.832. The van der Waals surface area contributed by atoms with Crippen molar-refractivity contribution in [2.24, 2.45) is 5.41 Å². The van der Waals surface area contributed by atoms with Crippen LogP contribution in [-0.2, 0) is 19.1 Å². The van der Waals surface area contributed by atoms with Crippen LogP contribution >= 0.6 is 0 Å². The third-order valence-corrected chi connectivity index (χ3v) is 4.35. The molecule has 0 N–H and O–H groups in total. The second kappa shape index (κ2) is 8.28. The minimum atomic E-state index is -1.11. The monoisotopic (exact) mass is 284 g/mol. The van der Waals surface area contributed by atoms with Crippen LogP contribution in [0.2, 0.25) is 0 Å². The molecule has 0 saturated heterocycles. The molecule has 0 aromatic rings. The predicted molar refractivity (Wildman–Crippen MR) is 77.2 cm³/mol. The minimum Gasteiger partial charge on any atom is -0.468 e. The van der Waals surface area contributed by atoms with Gasteiger partial charge in [-0.05, 0) is 38.5 Å². The summed E-state index contributed by atoms with van der Waals surface area (Å²) in [5, 5.41) is 0. The van der Waals surface area contributed by atoms with Gasteiger partial charge in [0.15, 0.2) is 5.41 Å². The third-order valence-electron chi connectivity index (χ3n) is 4.35. The molecule has 0 aromatic heterocycles. The summed E-state index contributed by atoms with van der Waals surface area (Å²) in [4.78, 5) is 24.7. The van der Waals surface area contributed by atoms with E-state index in [4.69, 9.17) is 9.47 Å². The van der Waals surface area contributed by atoms with E-state index < -0.39 is 11.4 Å². The Hall–Kier alpha value is -1.06. The van der Waals surface area contributed by atoms with Crippen molar-refractivity contribution in [1.82, 2.24) is 0 Å². The highest BCUT2D eigenvalue weighted by Crippen LogP contribution is 2.34. The van der Waals surface area contributed by atoms with Gasteiger partial charge in [-0.25, -0.2) is 0 Å². The molecule has 20 heavy (non-hydrogen) atoms. The number of methoxy groups -OCH3 is 1. The zero-order valence-electron chi connectivity index (χ0n) is 13.1. The normalized spacial score (nSPS) is 19.1. The Morgan fingerprint density at radius 2 is 1.75 bits per heavy atom. The molecule has 1 aliphatic carbocycles. The van der Waals surface area contributed by atoms with E-state index in [1.165, 1.54) is 13.5 Å². The van der Waals surface area contributed by atoms with Crippen LogP contribution in [0, 0.1) is 5.41 Å². The molecule has 1 fully saturated rings. The van der Waals surface area contributed by atoms with Crippen LogP contribution in [0.5, 0.6) is 0 Å². The van der Waals surface area contributed by atoms with Crippen LogP contribution < -0.4 is 0 Å². The lowest BCUT2D eigenvalue weighted by Gasteiger charge is -2.31. The predicted octanol–water partition coefficient (Wildman–Crippen LogP) is 3.62. The SMILES string of the molecule is CCCCC(CC)(C(=O)OC)C(=O)OC1CCCCC1. The Bertz CT molecular complexity index is 320. The molecule has 0 amide bonds. The molecule has 0 heterocycles. The van der Waals surface area contributed by atoms with Gasteiger partial charge in [0.05, 0.1) is 7.11 Å². The van der Waals surface area contributed by atoms with Crippen LogP contribution in [0.3, 0.4) is 0 Å². The average Bonchev–Trinajstić information content (AvgIpc) is 2.49. The van der Waals surface area contributed by atoms with Gasteiger partial charge in [-0.15, -0.1) is 0 Å². The van der Waals surface area contributed by atoms with E-state index in [0.29, 0.717) is 12.8 Å². The molecule has 116 valence electrons. The molecule has 4 heteroatoms. The van der Waals surface area contributed by atoms with Gasteiger partial charge in [0.1, 0.15) is 6.10 Å². The van der Waals surface area contributed by atoms with Crippen molar-refractivity contribution in [3.8, 4) is 0 Å². The quantitative estimate of drug-likeness (QED) is 0.529. The number of unbranched alkanes of at least 4 members (excludes halogenated alkanes) is 1. The molecule has 0 bridgehead atoms. The molecule has 0 radical (unpaired) electrons. The first-order chi connectivity index (χ1) is 9.60. The van der Waals surface area contributed by atoms with Crippen molar-refractivity contribution in [2.75, 3.05) is 7.11 Å². The van der Waals surface area contributed by atoms with E-state index in [1.54, 1.807) is 0 Å². The standard InChI is InChI=1S/C16H28O4/c1-4-6-12-16(5-2,14(17)19-3)15(18)20-13-10-8-7-9-11-13/h13H,4-12H2,1-3H3. The highest BCUT2D eigenvalue weighted by molar-refractivity contribution is 6.00. The second-order valence-corrected chi connectivity index (χ2v) is 5.70. The summed E-state index contributed by atoms with van der Waals surface area (Å²) < 4.78 is 10.5. The van der Waals surface area contributed by atoms with Gasteiger partial charge >= 0.3 is 11.9 Å². The Morgan fingerprint density at radius 1 is 1.10 bits per heavy atom. The fraction of sp³-hybridized carbons (Fsp3) is 0.875. The summed E-state index contributed by atoms with van der Waals surface area (Å²) in [6.45, 7) is 3.90. The molecule has 1 unspecified atom stereocenters. The number of carbonyl (C=O) groups excluding carboxylic acids is 2. The molecule has 0 aliphatic heterocycles. The first-order valence-corrected chi connectivity index (χ1v) is 7.90. The zero-order valence-corrected chi connectivity index (χ0v) is 13.1. The Labute approximate surface area is 122 Å². The van der Waals surface area contributed by atoms with Crippen LogP contribution in [-0.4, -0.2) is 25.2 Å². The van der Waals surface area contributed by atoms with Gasteiger partial charge in [-0.1, -0.05) is 33.1 Å². The molecule has 1 aliphatic rings. The van der Waals surface area contributed by atoms with E-state index in [1.807, 2.05) is 13.8 Å². The van der Waals surface area contributed by atoms with E-state index in [2.05, 4.69) is 0 Å². The molecule has 1 atom stereocenters. The number of carbonyl (C=O) groups is 2. The van der Waals surface area contributed by atoms with E-state index >= 15 is 0 Å². The number of rotatable bonds is 7. The maximum absolute atomic E-state index is 12.5. The molecule has 1 rings (SSSR count).